The number of aromatic nitrogens is 2. The van der Waals surface area contributed by atoms with Crippen LogP contribution in [-0.4, -0.2) is 48.0 Å². The molecular weight excluding hydrogens is 466 g/mol. The average molecular weight is 483 g/mol. The molecule has 29 heavy (non-hydrogen) atoms. The molecule has 0 radical (unpaired) electrons. The van der Waals surface area contributed by atoms with Gasteiger partial charge in [-0.3, -0.25) is 9.09 Å². The van der Waals surface area contributed by atoms with Crippen molar-refractivity contribution in [2.75, 3.05) is 12.3 Å². The number of phosphoric ester groups is 1. The number of alkyl halides is 1. The Morgan fingerprint density at radius 1 is 1.28 bits per heavy atom. The molecule has 0 spiro atoms. The Labute approximate surface area is 161 Å². The van der Waals surface area contributed by atoms with Crippen LogP contribution in [0.2, 0.25) is 0 Å². The summed E-state index contributed by atoms with van der Waals surface area (Å²) in [5, 5.41) is 0. The lowest BCUT2D eigenvalue weighted by Crippen LogP contribution is -2.29. The van der Waals surface area contributed by atoms with E-state index in [1.807, 2.05) is 0 Å². The van der Waals surface area contributed by atoms with Gasteiger partial charge in [0.15, 0.2) is 0 Å². The first-order valence-corrected chi connectivity index (χ1v) is 12.0. The number of halogens is 1. The van der Waals surface area contributed by atoms with Crippen LogP contribution in [0.4, 0.5) is 10.2 Å². The molecule has 15 nitrogen and oxygen atoms in total. The fraction of sp³-hybridized carbons (Fsp3) is 0.600. The van der Waals surface area contributed by atoms with Crippen molar-refractivity contribution >= 4 is 29.3 Å². The van der Waals surface area contributed by atoms with Gasteiger partial charge in [-0.15, -0.1) is 0 Å². The van der Waals surface area contributed by atoms with Crippen LogP contribution in [0.25, 0.3) is 0 Å². The standard InChI is InChI=1S/C10H17FN3O12P3/c1-5-3-14(10(15)13-9(5)12)8-2-6(11)7(24-8)4-23-28(19,20)26-29(21,22)25-27(16,17)18/h3,6-8H,2,4H2,1H3,(H,19,20)(H,21,22)(H2,12,13,15)(H2,16,17,18)/t6-,7+,8+/m1/s1. The second-order valence-electron chi connectivity index (χ2n) is 5.77. The summed E-state index contributed by atoms with van der Waals surface area (Å²) in [6.07, 6.45) is -3.48. The molecule has 1 aliphatic heterocycles. The highest BCUT2D eigenvalue weighted by molar-refractivity contribution is 7.66. The van der Waals surface area contributed by atoms with Crippen molar-refractivity contribution in [1.29, 1.82) is 0 Å². The first kappa shape index (κ1) is 24.3. The molecule has 2 rings (SSSR count). The molecule has 0 bridgehead atoms. The van der Waals surface area contributed by atoms with Gasteiger partial charge >= 0.3 is 29.2 Å². The predicted octanol–water partition coefficient (Wildman–Crippen LogP) is 0.103. The third-order valence-corrected chi connectivity index (χ3v) is 7.27. The number of nitrogens with zero attached hydrogens (tertiary/aromatic N) is 2. The van der Waals surface area contributed by atoms with Crippen molar-refractivity contribution in [3.8, 4) is 0 Å². The lowest BCUT2D eigenvalue weighted by molar-refractivity contribution is -0.0349. The maximum atomic E-state index is 14.2. The lowest BCUT2D eigenvalue weighted by Gasteiger charge is -2.19. The van der Waals surface area contributed by atoms with Gasteiger partial charge in [-0.05, 0) is 6.92 Å². The Bertz CT molecular complexity index is 965. The van der Waals surface area contributed by atoms with Gasteiger partial charge in [-0.2, -0.15) is 13.6 Å². The summed E-state index contributed by atoms with van der Waals surface area (Å²) in [7, 11) is -16.6. The van der Waals surface area contributed by atoms with E-state index in [-0.39, 0.29) is 12.2 Å². The van der Waals surface area contributed by atoms with Crippen LogP contribution in [0.15, 0.2) is 11.0 Å². The third kappa shape index (κ3) is 7.02. The molecule has 1 aromatic rings. The van der Waals surface area contributed by atoms with Crippen molar-refractivity contribution in [3.05, 3.63) is 22.2 Å². The number of hydrogen-bond acceptors (Lipinski definition) is 10. The van der Waals surface area contributed by atoms with Crippen LogP contribution in [0.1, 0.15) is 18.2 Å². The molecule has 0 aliphatic carbocycles. The molecule has 0 amide bonds. The first-order valence-electron chi connectivity index (χ1n) is 7.52. The second-order valence-corrected chi connectivity index (χ2v) is 10.2. The van der Waals surface area contributed by atoms with E-state index in [1.54, 1.807) is 6.92 Å². The van der Waals surface area contributed by atoms with Crippen LogP contribution in [0, 0.1) is 6.92 Å². The molecule has 5 atom stereocenters. The second kappa shape index (κ2) is 8.61. The number of nitrogens with two attached hydrogens (primary N) is 1. The van der Waals surface area contributed by atoms with Crippen molar-refractivity contribution in [2.45, 2.75) is 31.8 Å². The number of aryl methyl sites for hydroxylation is 1. The summed E-state index contributed by atoms with van der Waals surface area (Å²) in [5.74, 6) is -0.0229. The lowest BCUT2D eigenvalue weighted by atomic mass is 10.2. The summed E-state index contributed by atoms with van der Waals surface area (Å²) in [4.78, 5) is 50.7. The van der Waals surface area contributed by atoms with Gasteiger partial charge in [0, 0.05) is 18.2 Å². The van der Waals surface area contributed by atoms with Crippen molar-refractivity contribution in [1.82, 2.24) is 9.55 Å². The Hall–Kier alpha value is -1.02. The predicted molar refractivity (Wildman–Crippen MR) is 90.9 cm³/mol. The quantitative estimate of drug-likeness (QED) is 0.309. The number of hydrogen-bond donors (Lipinski definition) is 5. The zero-order valence-electron chi connectivity index (χ0n) is 14.5. The molecule has 2 unspecified atom stereocenters. The summed E-state index contributed by atoms with van der Waals surface area (Å²) in [5.41, 5.74) is 5.09. The Morgan fingerprint density at radius 3 is 2.48 bits per heavy atom. The highest BCUT2D eigenvalue weighted by Gasteiger charge is 2.43. The third-order valence-electron chi connectivity index (χ3n) is 3.46. The number of rotatable bonds is 8. The topological polar surface area (TPSA) is 230 Å². The highest BCUT2D eigenvalue weighted by atomic mass is 31.3. The SMILES string of the molecule is Cc1cn([C@@H]2C[C@@H](F)[C@H](COP(=O)(O)OP(=O)(O)OP(=O)(O)O)O2)c(=O)nc1N. The van der Waals surface area contributed by atoms with Crippen molar-refractivity contribution in [2.24, 2.45) is 0 Å². The van der Waals surface area contributed by atoms with Gasteiger partial charge < -0.3 is 30.0 Å². The zero-order valence-corrected chi connectivity index (χ0v) is 17.2. The van der Waals surface area contributed by atoms with Gasteiger partial charge in [0.05, 0.1) is 6.61 Å². The molecule has 0 saturated carbocycles. The minimum absolute atomic E-state index is 0.0229. The van der Waals surface area contributed by atoms with E-state index in [2.05, 4.69) is 18.1 Å². The maximum absolute atomic E-state index is 14.2. The van der Waals surface area contributed by atoms with E-state index < -0.39 is 54.3 Å². The minimum atomic E-state index is -5.69. The molecule has 1 saturated heterocycles. The van der Waals surface area contributed by atoms with Gasteiger partial charge in [0.2, 0.25) is 0 Å². The molecule has 19 heteroatoms. The van der Waals surface area contributed by atoms with Gasteiger partial charge in [0.25, 0.3) is 0 Å². The molecule has 1 aliphatic rings. The van der Waals surface area contributed by atoms with Crippen molar-refractivity contribution in [3.63, 3.8) is 0 Å². The first-order chi connectivity index (χ1) is 13.1. The normalized spacial score (nSPS) is 26.8. The fourth-order valence-corrected chi connectivity index (χ4v) is 5.30. The molecule has 1 fully saturated rings. The summed E-state index contributed by atoms with van der Waals surface area (Å²) < 4.78 is 65.2. The fourth-order valence-electron chi connectivity index (χ4n) is 2.27. The largest absolute Gasteiger partial charge is 0.490 e. The van der Waals surface area contributed by atoms with E-state index in [0.717, 1.165) is 4.57 Å². The van der Waals surface area contributed by atoms with Crippen LogP contribution < -0.4 is 11.4 Å². The van der Waals surface area contributed by atoms with Crippen molar-refractivity contribution < 1.29 is 55.5 Å². The Balaban J connectivity index is 2.02. The molecule has 2 heterocycles. The number of nitrogen functional groups attached to an aromatic ring is 1. The number of anilines is 1. The van der Waals surface area contributed by atoms with Gasteiger partial charge in [0.1, 0.15) is 24.3 Å². The summed E-state index contributed by atoms with van der Waals surface area (Å²) >= 11 is 0. The minimum Gasteiger partial charge on any atom is -0.383 e. The van der Waals surface area contributed by atoms with E-state index in [0.29, 0.717) is 5.56 Å². The molecule has 6 N–H and O–H groups in total. The molecule has 1 aromatic heterocycles. The smallest absolute Gasteiger partial charge is 0.383 e. The Kier molecular flexibility index (Phi) is 7.20. The van der Waals surface area contributed by atoms with Crippen LogP contribution >= 0.6 is 23.5 Å². The number of ether oxygens (including phenoxy) is 1. The van der Waals surface area contributed by atoms with E-state index in [9.17, 15) is 27.8 Å². The molecule has 0 aromatic carbocycles. The number of phosphoric acid groups is 3. The maximum Gasteiger partial charge on any atom is 0.490 e. The van der Waals surface area contributed by atoms with Crippen LogP contribution in [0.5, 0.6) is 0 Å². The summed E-state index contributed by atoms with van der Waals surface area (Å²) in [6, 6.07) is 0. The molecular formula is C10H17FN3O12P3. The van der Waals surface area contributed by atoms with Gasteiger partial charge in [-0.1, -0.05) is 0 Å². The van der Waals surface area contributed by atoms with E-state index in [1.165, 1.54) is 6.20 Å². The zero-order chi connectivity index (χ0) is 22.2. The highest BCUT2D eigenvalue weighted by Crippen LogP contribution is 2.66. The Morgan fingerprint density at radius 2 is 1.90 bits per heavy atom. The van der Waals surface area contributed by atoms with Crippen LogP contribution in [0.3, 0.4) is 0 Å². The average Bonchev–Trinajstić information content (AvgIpc) is 2.86. The monoisotopic (exact) mass is 483 g/mol. The summed E-state index contributed by atoms with van der Waals surface area (Å²) in [6.45, 7) is 0.574. The molecule has 166 valence electrons. The van der Waals surface area contributed by atoms with Gasteiger partial charge in [-0.25, -0.2) is 22.9 Å². The van der Waals surface area contributed by atoms with E-state index >= 15 is 0 Å². The van der Waals surface area contributed by atoms with Crippen LogP contribution in [-0.2, 0) is 31.6 Å². The van der Waals surface area contributed by atoms with E-state index in [4.69, 9.17) is 25.2 Å².